The summed E-state index contributed by atoms with van der Waals surface area (Å²) in [6, 6.07) is 6.24. The van der Waals surface area contributed by atoms with Crippen molar-refractivity contribution in [1.82, 2.24) is 9.97 Å². The Morgan fingerprint density at radius 2 is 2.00 bits per heavy atom. The highest BCUT2D eigenvalue weighted by atomic mass is 19.1. The van der Waals surface area contributed by atoms with E-state index in [9.17, 15) is 9.50 Å². The first-order valence-corrected chi connectivity index (χ1v) is 7.28. The summed E-state index contributed by atoms with van der Waals surface area (Å²) in [7, 11) is 0. The van der Waals surface area contributed by atoms with E-state index in [1.165, 1.54) is 12.1 Å². The summed E-state index contributed by atoms with van der Waals surface area (Å²) in [5.74, 6) is 0.472. The molecular formula is C18H19FN2O. The molecule has 1 aromatic heterocycles. The Labute approximate surface area is 129 Å². The van der Waals surface area contributed by atoms with Crippen LogP contribution in [0.3, 0.4) is 0 Å². The maximum Gasteiger partial charge on any atom is 0.123 e. The summed E-state index contributed by atoms with van der Waals surface area (Å²) in [5, 5.41) is 11.3. The summed E-state index contributed by atoms with van der Waals surface area (Å²) < 4.78 is 13.0. The summed E-state index contributed by atoms with van der Waals surface area (Å²) >= 11 is 0. The molecule has 1 atom stereocenters. The van der Waals surface area contributed by atoms with Gasteiger partial charge in [0.25, 0.3) is 0 Å². The second-order valence-corrected chi connectivity index (χ2v) is 6.28. The molecule has 0 fully saturated rings. The van der Waals surface area contributed by atoms with Crippen molar-refractivity contribution in [3.8, 4) is 0 Å². The van der Waals surface area contributed by atoms with Crippen molar-refractivity contribution in [3.63, 3.8) is 0 Å². The predicted molar refractivity (Wildman–Crippen MR) is 84.5 cm³/mol. The van der Waals surface area contributed by atoms with Gasteiger partial charge in [-0.3, -0.25) is 0 Å². The Balaban J connectivity index is 1.98. The van der Waals surface area contributed by atoms with Gasteiger partial charge in [-0.15, -0.1) is 0 Å². The Bertz CT molecular complexity index is 714. The van der Waals surface area contributed by atoms with Crippen LogP contribution in [-0.2, 0) is 6.42 Å². The molecular weight excluding hydrogens is 279 g/mol. The van der Waals surface area contributed by atoms with E-state index in [-0.39, 0.29) is 5.82 Å². The van der Waals surface area contributed by atoms with Gasteiger partial charge in [-0.05, 0) is 29.3 Å². The van der Waals surface area contributed by atoms with E-state index in [2.05, 4.69) is 9.97 Å². The molecule has 1 heterocycles. The molecule has 0 bridgehead atoms. The van der Waals surface area contributed by atoms with Gasteiger partial charge >= 0.3 is 0 Å². The van der Waals surface area contributed by atoms with E-state index in [0.29, 0.717) is 6.42 Å². The molecule has 1 unspecified atom stereocenters. The maximum absolute atomic E-state index is 13.0. The summed E-state index contributed by atoms with van der Waals surface area (Å²) in [6.45, 7) is 4.00. The van der Waals surface area contributed by atoms with Gasteiger partial charge in [0, 0.05) is 24.2 Å². The van der Waals surface area contributed by atoms with Crippen molar-refractivity contribution in [2.24, 2.45) is 5.41 Å². The van der Waals surface area contributed by atoms with Gasteiger partial charge in [-0.1, -0.05) is 38.1 Å². The van der Waals surface area contributed by atoms with Crippen molar-refractivity contribution in [2.75, 3.05) is 0 Å². The molecule has 3 nitrogen and oxygen atoms in total. The topological polar surface area (TPSA) is 48.9 Å². The third-order valence-electron chi connectivity index (χ3n) is 4.39. The molecule has 0 amide bonds. The average molecular weight is 298 g/mol. The highest BCUT2D eigenvalue weighted by Crippen LogP contribution is 2.46. The van der Waals surface area contributed by atoms with Crippen LogP contribution in [0.15, 0.2) is 54.4 Å². The van der Waals surface area contributed by atoms with Crippen LogP contribution >= 0.6 is 0 Å². The zero-order chi connectivity index (χ0) is 15.8. The fourth-order valence-electron chi connectivity index (χ4n) is 2.82. The van der Waals surface area contributed by atoms with Gasteiger partial charge in [-0.2, -0.15) is 0 Å². The molecule has 1 aromatic carbocycles. The number of imidazole rings is 1. The number of nitrogens with one attached hydrogen (secondary N) is 1. The molecule has 0 spiro atoms. The van der Waals surface area contributed by atoms with Gasteiger partial charge < -0.3 is 10.1 Å². The highest BCUT2D eigenvalue weighted by Gasteiger charge is 2.48. The van der Waals surface area contributed by atoms with Crippen molar-refractivity contribution < 1.29 is 9.50 Å². The molecule has 3 rings (SSSR count). The molecule has 1 aliphatic carbocycles. The standard InChI is InChI=1S/C18H19FN2O/c1-17(2)8-7-14(11-13-3-5-15(19)6-4-13)18(17,22)12-16-20-9-10-21-16/h3-11,22H,12H2,1-2H3,(H,20,21)/b14-11-. The van der Waals surface area contributed by atoms with Crippen LogP contribution in [0.25, 0.3) is 6.08 Å². The molecule has 0 aliphatic heterocycles. The normalized spacial score (nSPS) is 25.0. The number of aromatic amines is 1. The van der Waals surface area contributed by atoms with E-state index in [0.717, 1.165) is 17.0 Å². The van der Waals surface area contributed by atoms with Crippen LogP contribution in [0.5, 0.6) is 0 Å². The molecule has 22 heavy (non-hydrogen) atoms. The maximum atomic E-state index is 13.0. The number of aliphatic hydroxyl groups is 1. The lowest BCUT2D eigenvalue weighted by molar-refractivity contribution is 0.00276. The van der Waals surface area contributed by atoms with Crippen molar-refractivity contribution >= 4 is 6.08 Å². The molecule has 114 valence electrons. The first kappa shape index (κ1) is 14.7. The Morgan fingerprint density at radius 3 is 2.64 bits per heavy atom. The minimum absolute atomic E-state index is 0.268. The van der Waals surface area contributed by atoms with Crippen LogP contribution in [0.2, 0.25) is 0 Å². The average Bonchev–Trinajstić information content (AvgIpc) is 3.04. The lowest BCUT2D eigenvalue weighted by Crippen LogP contribution is -2.44. The molecule has 0 radical (unpaired) electrons. The van der Waals surface area contributed by atoms with E-state index in [4.69, 9.17) is 0 Å². The second kappa shape index (κ2) is 5.21. The summed E-state index contributed by atoms with van der Waals surface area (Å²) in [6.07, 6.45) is 9.66. The summed E-state index contributed by atoms with van der Waals surface area (Å²) in [4.78, 5) is 7.27. The van der Waals surface area contributed by atoms with E-state index < -0.39 is 11.0 Å². The number of hydrogen-bond donors (Lipinski definition) is 2. The largest absolute Gasteiger partial charge is 0.384 e. The molecule has 4 heteroatoms. The van der Waals surface area contributed by atoms with Crippen LogP contribution in [0.4, 0.5) is 4.39 Å². The number of rotatable bonds is 3. The fourth-order valence-corrected chi connectivity index (χ4v) is 2.82. The number of hydrogen-bond acceptors (Lipinski definition) is 2. The number of aromatic nitrogens is 2. The fraction of sp³-hybridized carbons (Fsp3) is 0.278. The predicted octanol–water partition coefficient (Wildman–Crippen LogP) is 3.50. The molecule has 2 aromatic rings. The second-order valence-electron chi connectivity index (χ2n) is 6.28. The van der Waals surface area contributed by atoms with Gasteiger partial charge in [-0.25, -0.2) is 9.37 Å². The van der Waals surface area contributed by atoms with Crippen LogP contribution in [-0.4, -0.2) is 20.7 Å². The first-order valence-electron chi connectivity index (χ1n) is 7.28. The Morgan fingerprint density at radius 1 is 1.27 bits per heavy atom. The number of benzene rings is 1. The zero-order valence-corrected chi connectivity index (χ0v) is 12.7. The quantitative estimate of drug-likeness (QED) is 0.911. The monoisotopic (exact) mass is 298 g/mol. The zero-order valence-electron chi connectivity index (χ0n) is 12.7. The van der Waals surface area contributed by atoms with Gasteiger partial charge in [0.05, 0.1) is 0 Å². The van der Waals surface area contributed by atoms with Crippen molar-refractivity contribution in [1.29, 1.82) is 0 Å². The molecule has 0 saturated carbocycles. The van der Waals surface area contributed by atoms with E-state index in [1.807, 2.05) is 32.1 Å². The minimum Gasteiger partial charge on any atom is -0.384 e. The van der Waals surface area contributed by atoms with E-state index >= 15 is 0 Å². The Hall–Kier alpha value is -2.20. The molecule has 1 aliphatic rings. The smallest absolute Gasteiger partial charge is 0.123 e. The lowest BCUT2D eigenvalue weighted by atomic mass is 9.73. The molecule has 0 saturated heterocycles. The lowest BCUT2D eigenvalue weighted by Gasteiger charge is -2.37. The first-order chi connectivity index (χ1) is 10.4. The number of halogens is 1. The van der Waals surface area contributed by atoms with Gasteiger partial charge in [0.1, 0.15) is 17.2 Å². The van der Waals surface area contributed by atoms with Crippen molar-refractivity contribution in [2.45, 2.75) is 25.9 Å². The highest BCUT2D eigenvalue weighted by molar-refractivity contribution is 5.62. The van der Waals surface area contributed by atoms with Crippen molar-refractivity contribution in [3.05, 3.63) is 71.6 Å². The van der Waals surface area contributed by atoms with E-state index in [1.54, 1.807) is 24.5 Å². The van der Waals surface area contributed by atoms with Gasteiger partial charge in [0.15, 0.2) is 0 Å². The molecule has 2 N–H and O–H groups in total. The van der Waals surface area contributed by atoms with Crippen LogP contribution in [0.1, 0.15) is 25.2 Å². The number of H-pyrrole nitrogens is 1. The number of nitrogens with zero attached hydrogens (tertiary/aromatic N) is 1. The van der Waals surface area contributed by atoms with Crippen LogP contribution < -0.4 is 0 Å². The third-order valence-corrected chi connectivity index (χ3v) is 4.39. The van der Waals surface area contributed by atoms with Gasteiger partial charge in [0.2, 0.25) is 0 Å². The summed E-state index contributed by atoms with van der Waals surface area (Å²) in [5.41, 5.74) is 0.197. The third kappa shape index (κ3) is 2.50. The van der Waals surface area contributed by atoms with Crippen LogP contribution in [0, 0.1) is 11.2 Å². The SMILES string of the molecule is CC1(C)C=C/C(=C/c2ccc(F)cc2)C1(O)Cc1ncc[nH]1. The Kier molecular flexibility index (Phi) is 3.49. The minimum atomic E-state index is -1.06.